The minimum absolute atomic E-state index is 0.663. The summed E-state index contributed by atoms with van der Waals surface area (Å²) < 4.78 is 0. The maximum atomic E-state index is 6.13. The van der Waals surface area contributed by atoms with Crippen molar-refractivity contribution in [2.24, 2.45) is 0 Å². The van der Waals surface area contributed by atoms with Gasteiger partial charge in [0.05, 0.1) is 0 Å². The number of nitrogens with one attached hydrogen (secondary N) is 1. The number of aromatic nitrogens is 2. The molecule has 2 aromatic carbocycles. The molecule has 2 heterocycles. The van der Waals surface area contributed by atoms with Crippen LogP contribution in [0, 0.1) is 6.92 Å². The van der Waals surface area contributed by atoms with Gasteiger partial charge in [-0.25, -0.2) is 4.98 Å². The Morgan fingerprint density at radius 3 is 2.54 bits per heavy atom. The second kappa shape index (κ2) is 8.48. The molecule has 0 unspecified atom stereocenters. The molecule has 0 bridgehead atoms. The Morgan fingerprint density at radius 2 is 1.75 bits per heavy atom. The highest BCUT2D eigenvalue weighted by Crippen LogP contribution is 2.22. The number of benzene rings is 2. The van der Waals surface area contributed by atoms with Gasteiger partial charge in [-0.05, 0) is 36.8 Å². The van der Waals surface area contributed by atoms with E-state index in [1.807, 2.05) is 30.5 Å². The van der Waals surface area contributed by atoms with E-state index >= 15 is 0 Å². The Morgan fingerprint density at radius 1 is 0.964 bits per heavy atom. The number of halogens is 1. The van der Waals surface area contributed by atoms with Gasteiger partial charge in [-0.15, -0.1) is 0 Å². The van der Waals surface area contributed by atoms with E-state index in [2.05, 4.69) is 57.4 Å². The third-order valence-corrected chi connectivity index (χ3v) is 5.19. The summed E-state index contributed by atoms with van der Waals surface area (Å²) in [4.78, 5) is 13.7. The predicted octanol–water partition coefficient (Wildman–Crippen LogP) is 4.38. The van der Waals surface area contributed by atoms with Gasteiger partial charge in [0.1, 0.15) is 5.82 Å². The molecule has 0 radical (unpaired) electrons. The molecule has 1 N–H and O–H groups in total. The molecule has 1 aliphatic heterocycles. The summed E-state index contributed by atoms with van der Waals surface area (Å²) in [5.74, 6) is 1.63. The van der Waals surface area contributed by atoms with E-state index in [9.17, 15) is 0 Å². The molecule has 0 spiro atoms. The molecule has 28 heavy (non-hydrogen) atoms. The van der Waals surface area contributed by atoms with Crippen molar-refractivity contribution in [2.75, 3.05) is 41.3 Å². The van der Waals surface area contributed by atoms with Crippen LogP contribution in [0.25, 0.3) is 0 Å². The van der Waals surface area contributed by atoms with Crippen molar-refractivity contribution in [3.8, 4) is 0 Å². The maximum absolute atomic E-state index is 6.13. The minimum Gasteiger partial charge on any atom is -0.368 e. The van der Waals surface area contributed by atoms with Gasteiger partial charge in [0, 0.05) is 49.6 Å². The van der Waals surface area contributed by atoms with Crippen molar-refractivity contribution in [1.29, 1.82) is 0 Å². The van der Waals surface area contributed by atoms with Gasteiger partial charge in [0.2, 0.25) is 5.95 Å². The van der Waals surface area contributed by atoms with E-state index in [1.165, 1.54) is 16.8 Å². The first-order chi connectivity index (χ1) is 13.7. The summed E-state index contributed by atoms with van der Waals surface area (Å²) in [5, 5.41) is 4.11. The average Bonchev–Trinajstić information content (AvgIpc) is 2.73. The van der Waals surface area contributed by atoms with Crippen LogP contribution in [-0.4, -0.2) is 36.1 Å². The molecule has 0 atom stereocenters. The monoisotopic (exact) mass is 393 g/mol. The van der Waals surface area contributed by atoms with Crippen LogP contribution in [0.4, 0.5) is 17.5 Å². The van der Waals surface area contributed by atoms with Gasteiger partial charge in [-0.3, -0.25) is 0 Å². The maximum Gasteiger partial charge on any atom is 0.224 e. The van der Waals surface area contributed by atoms with Crippen molar-refractivity contribution in [3.63, 3.8) is 0 Å². The quantitative estimate of drug-likeness (QED) is 0.697. The molecular weight excluding hydrogens is 370 g/mol. The van der Waals surface area contributed by atoms with E-state index in [0.717, 1.165) is 37.0 Å². The molecule has 0 saturated carbocycles. The molecule has 5 nitrogen and oxygen atoms in total. The molecule has 1 saturated heterocycles. The molecule has 1 aliphatic rings. The lowest BCUT2D eigenvalue weighted by Crippen LogP contribution is -2.46. The fourth-order valence-corrected chi connectivity index (χ4v) is 3.66. The van der Waals surface area contributed by atoms with Gasteiger partial charge in [0.25, 0.3) is 0 Å². The Kier molecular flexibility index (Phi) is 5.63. The van der Waals surface area contributed by atoms with Gasteiger partial charge in [-0.1, -0.05) is 47.5 Å². The van der Waals surface area contributed by atoms with E-state index in [0.29, 0.717) is 12.5 Å². The fourth-order valence-electron chi connectivity index (χ4n) is 3.48. The minimum atomic E-state index is 0.663. The van der Waals surface area contributed by atoms with E-state index in [4.69, 9.17) is 16.6 Å². The molecule has 1 fully saturated rings. The second-order valence-corrected chi connectivity index (χ2v) is 7.47. The van der Waals surface area contributed by atoms with Crippen LogP contribution in [0.1, 0.15) is 11.1 Å². The van der Waals surface area contributed by atoms with Crippen LogP contribution >= 0.6 is 11.6 Å². The highest BCUT2D eigenvalue weighted by Gasteiger charge is 2.19. The lowest BCUT2D eigenvalue weighted by atomic mass is 10.1. The normalized spacial score (nSPS) is 14.2. The first-order valence-corrected chi connectivity index (χ1v) is 9.93. The second-order valence-electron chi connectivity index (χ2n) is 7.04. The van der Waals surface area contributed by atoms with Crippen LogP contribution in [0.2, 0.25) is 5.02 Å². The number of aryl methyl sites for hydroxylation is 1. The Hall–Kier alpha value is -2.79. The molecule has 144 valence electrons. The number of nitrogens with zero attached hydrogens (tertiary/aromatic N) is 4. The number of piperazine rings is 1. The van der Waals surface area contributed by atoms with E-state index in [-0.39, 0.29) is 0 Å². The van der Waals surface area contributed by atoms with Crippen molar-refractivity contribution in [3.05, 3.63) is 76.9 Å². The predicted molar refractivity (Wildman–Crippen MR) is 116 cm³/mol. The smallest absolute Gasteiger partial charge is 0.224 e. The topological polar surface area (TPSA) is 44.3 Å². The van der Waals surface area contributed by atoms with Gasteiger partial charge in [0.15, 0.2) is 0 Å². The third-order valence-electron chi connectivity index (χ3n) is 4.95. The lowest BCUT2D eigenvalue weighted by molar-refractivity contribution is 0.647. The Labute approximate surface area is 171 Å². The zero-order valence-corrected chi connectivity index (χ0v) is 16.7. The van der Waals surface area contributed by atoms with Crippen LogP contribution in [0.15, 0.2) is 60.8 Å². The molecule has 4 rings (SSSR count). The van der Waals surface area contributed by atoms with Crippen LogP contribution in [0.5, 0.6) is 0 Å². The van der Waals surface area contributed by atoms with E-state index < -0.39 is 0 Å². The summed E-state index contributed by atoms with van der Waals surface area (Å²) in [7, 11) is 0. The van der Waals surface area contributed by atoms with Crippen molar-refractivity contribution < 1.29 is 0 Å². The molecule has 6 heteroatoms. The van der Waals surface area contributed by atoms with Crippen molar-refractivity contribution in [2.45, 2.75) is 13.5 Å². The van der Waals surface area contributed by atoms with Crippen molar-refractivity contribution in [1.82, 2.24) is 9.97 Å². The first-order valence-electron chi connectivity index (χ1n) is 9.55. The summed E-state index contributed by atoms with van der Waals surface area (Å²) in [5.41, 5.74) is 3.66. The third kappa shape index (κ3) is 4.54. The summed E-state index contributed by atoms with van der Waals surface area (Å²) in [6.45, 7) is 6.53. The number of rotatable bonds is 5. The van der Waals surface area contributed by atoms with Crippen LogP contribution in [0.3, 0.4) is 0 Å². The molecular formula is C22H24ClN5. The summed E-state index contributed by atoms with van der Waals surface area (Å²) >= 11 is 6.13. The van der Waals surface area contributed by atoms with Gasteiger partial charge in [-0.2, -0.15) is 4.98 Å². The standard InChI is InChI=1S/C22H24ClN5/c1-17-4-2-5-18(14-17)16-25-22-24-9-8-21(26-22)28-12-10-27(11-13-28)20-7-3-6-19(23)15-20/h2-9,14-15H,10-13,16H2,1H3,(H,24,25,26). The van der Waals surface area contributed by atoms with Crippen molar-refractivity contribution >= 4 is 29.1 Å². The first kappa shape index (κ1) is 18.6. The average molecular weight is 394 g/mol. The summed E-state index contributed by atoms with van der Waals surface area (Å²) in [6, 6.07) is 18.5. The number of hydrogen-bond acceptors (Lipinski definition) is 5. The van der Waals surface area contributed by atoms with Crippen LogP contribution < -0.4 is 15.1 Å². The van der Waals surface area contributed by atoms with Crippen LogP contribution in [-0.2, 0) is 6.54 Å². The Bertz CT molecular complexity index is 937. The summed E-state index contributed by atoms with van der Waals surface area (Å²) in [6.07, 6.45) is 1.82. The highest BCUT2D eigenvalue weighted by atomic mass is 35.5. The van der Waals surface area contributed by atoms with E-state index in [1.54, 1.807) is 0 Å². The highest BCUT2D eigenvalue weighted by molar-refractivity contribution is 6.30. The van der Waals surface area contributed by atoms with Gasteiger partial charge < -0.3 is 15.1 Å². The molecule has 0 aliphatic carbocycles. The largest absolute Gasteiger partial charge is 0.368 e. The number of hydrogen-bond donors (Lipinski definition) is 1. The zero-order valence-electron chi connectivity index (χ0n) is 16.0. The molecule has 3 aromatic rings. The SMILES string of the molecule is Cc1cccc(CNc2nccc(N3CCN(c4cccc(Cl)c4)CC3)n2)c1. The zero-order chi connectivity index (χ0) is 19.3. The van der Waals surface area contributed by atoms with Gasteiger partial charge >= 0.3 is 0 Å². The lowest BCUT2D eigenvalue weighted by Gasteiger charge is -2.36. The number of anilines is 3. The Balaban J connectivity index is 1.37. The fraction of sp³-hybridized carbons (Fsp3) is 0.273. The molecule has 0 amide bonds. The molecule has 1 aromatic heterocycles.